The number of aromatic nitrogens is 1. The maximum absolute atomic E-state index is 12.8. The molecule has 0 saturated heterocycles. The number of hydrogen-bond acceptors (Lipinski definition) is 3. The molecule has 2 rings (SSSR count). The summed E-state index contributed by atoms with van der Waals surface area (Å²) in [5, 5.41) is 0. The zero-order chi connectivity index (χ0) is 10.7. The average molecular weight is 241 g/mol. The Bertz CT molecular complexity index is 496. The van der Waals surface area contributed by atoms with E-state index in [4.69, 9.17) is 11.6 Å². The van der Waals surface area contributed by atoms with E-state index in [0.29, 0.717) is 10.2 Å². The highest BCUT2D eigenvalue weighted by atomic mass is 35.5. The summed E-state index contributed by atoms with van der Waals surface area (Å²) in [5.74, 6) is -0.299. The molecule has 0 fully saturated rings. The molecular weight excluding hydrogens is 235 g/mol. The number of hydrogen-bond donors (Lipinski definition) is 0. The Hall–Kier alpha value is -1.26. The fourth-order valence-electron chi connectivity index (χ4n) is 1.02. The van der Waals surface area contributed by atoms with Crippen LogP contribution >= 0.6 is 22.9 Å². The van der Waals surface area contributed by atoms with Gasteiger partial charge in [-0.3, -0.25) is 4.99 Å². The predicted molar refractivity (Wildman–Crippen MR) is 60.8 cm³/mol. The summed E-state index contributed by atoms with van der Waals surface area (Å²) in [6.45, 7) is 0. The Morgan fingerprint density at radius 2 is 2.33 bits per heavy atom. The van der Waals surface area contributed by atoms with Gasteiger partial charge < -0.3 is 0 Å². The summed E-state index contributed by atoms with van der Waals surface area (Å²) in [6.07, 6.45) is 3.23. The molecular formula is C10H6ClFN2S. The van der Waals surface area contributed by atoms with Gasteiger partial charge in [0.1, 0.15) is 5.82 Å². The maximum Gasteiger partial charge on any atom is 0.184 e. The number of rotatable bonds is 2. The van der Waals surface area contributed by atoms with Crippen LogP contribution in [0.1, 0.15) is 4.88 Å². The van der Waals surface area contributed by atoms with E-state index < -0.39 is 0 Å². The minimum absolute atomic E-state index is 0.299. The summed E-state index contributed by atoms with van der Waals surface area (Å²) < 4.78 is 13.3. The molecule has 2 aromatic rings. The van der Waals surface area contributed by atoms with E-state index in [1.165, 1.54) is 23.5 Å². The van der Waals surface area contributed by atoms with Gasteiger partial charge in [-0.2, -0.15) is 0 Å². The second kappa shape index (κ2) is 4.51. The minimum Gasteiger partial charge on any atom is -0.255 e. The van der Waals surface area contributed by atoms with Gasteiger partial charge in [0.05, 0.1) is 10.6 Å². The van der Waals surface area contributed by atoms with Crippen molar-refractivity contribution >= 4 is 34.8 Å². The normalized spacial score (nSPS) is 11.1. The lowest BCUT2D eigenvalue weighted by atomic mass is 10.3. The first-order valence-electron chi connectivity index (χ1n) is 4.15. The van der Waals surface area contributed by atoms with Crippen LogP contribution in [0.4, 0.5) is 10.1 Å². The summed E-state index contributed by atoms with van der Waals surface area (Å²) in [4.78, 5) is 8.80. The van der Waals surface area contributed by atoms with Crippen LogP contribution in [0, 0.1) is 5.82 Å². The second-order valence-corrected chi connectivity index (χ2v) is 4.40. The van der Waals surface area contributed by atoms with Crippen molar-refractivity contribution in [3.63, 3.8) is 0 Å². The molecule has 0 spiro atoms. The SMILES string of the molecule is Fc1cccc(/N=C/c2cnc(Cl)s2)c1. The average Bonchev–Trinajstić information content (AvgIpc) is 2.62. The lowest BCUT2D eigenvalue weighted by Crippen LogP contribution is -1.74. The molecule has 0 aliphatic heterocycles. The highest BCUT2D eigenvalue weighted by Gasteiger charge is 1.96. The highest BCUT2D eigenvalue weighted by Crippen LogP contribution is 2.18. The molecule has 5 heteroatoms. The van der Waals surface area contributed by atoms with Crippen LogP contribution in [0.5, 0.6) is 0 Å². The number of thiazole rings is 1. The quantitative estimate of drug-likeness (QED) is 0.735. The van der Waals surface area contributed by atoms with E-state index in [9.17, 15) is 4.39 Å². The van der Waals surface area contributed by atoms with Crippen molar-refractivity contribution in [2.75, 3.05) is 0 Å². The van der Waals surface area contributed by atoms with Gasteiger partial charge in [0.2, 0.25) is 0 Å². The standard InChI is InChI=1S/C10H6ClFN2S/c11-10-14-6-9(15-10)5-13-8-3-1-2-7(12)4-8/h1-6H/b13-5+. The monoisotopic (exact) mass is 240 g/mol. The smallest absolute Gasteiger partial charge is 0.184 e. The summed E-state index contributed by atoms with van der Waals surface area (Å²) in [5.41, 5.74) is 0.569. The second-order valence-electron chi connectivity index (χ2n) is 2.75. The molecule has 0 aliphatic carbocycles. The molecule has 0 saturated carbocycles. The molecule has 0 amide bonds. The van der Waals surface area contributed by atoms with E-state index in [0.717, 1.165) is 4.88 Å². The van der Waals surface area contributed by atoms with Crippen LogP contribution in [-0.2, 0) is 0 Å². The van der Waals surface area contributed by atoms with Crippen molar-refractivity contribution in [1.29, 1.82) is 0 Å². The van der Waals surface area contributed by atoms with E-state index >= 15 is 0 Å². The minimum atomic E-state index is -0.299. The first kappa shape index (κ1) is 10.3. The molecule has 0 unspecified atom stereocenters. The topological polar surface area (TPSA) is 25.2 Å². The van der Waals surface area contributed by atoms with E-state index in [1.807, 2.05) is 0 Å². The van der Waals surface area contributed by atoms with Crippen molar-refractivity contribution in [2.45, 2.75) is 0 Å². The zero-order valence-corrected chi connectivity index (χ0v) is 9.10. The van der Waals surface area contributed by atoms with Crippen molar-refractivity contribution < 1.29 is 4.39 Å². The summed E-state index contributed by atoms with van der Waals surface area (Å²) >= 11 is 6.98. The highest BCUT2D eigenvalue weighted by molar-refractivity contribution is 7.17. The predicted octanol–water partition coefficient (Wildman–Crippen LogP) is 3.69. The van der Waals surface area contributed by atoms with Crippen molar-refractivity contribution in [3.8, 4) is 0 Å². The molecule has 1 heterocycles. The van der Waals surface area contributed by atoms with Crippen LogP contribution in [-0.4, -0.2) is 11.2 Å². The summed E-state index contributed by atoms with van der Waals surface area (Å²) in [6, 6.07) is 6.08. The molecule has 0 N–H and O–H groups in total. The first-order valence-corrected chi connectivity index (χ1v) is 5.34. The van der Waals surface area contributed by atoms with Gasteiger partial charge in [0.15, 0.2) is 4.47 Å². The third kappa shape index (κ3) is 2.84. The maximum atomic E-state index is 12.8. The van der Waals surface area contributed by atoms with Crippen LogP contribution in [0.2, 0.25) is 4.47 Å². The van der Waals surface area contributed by atoms with Gasteiger partial charge >= 0.3 is 0 Å². The lowest BCUT2D eigenvalue weighted by molar-refractivity contribution is 0.628. The number of nitrogens with zero attached hydrogens (tertiary/aromatic N) is 2. The van der Waals surface area contributed by atoms with Gasteiger partial charge in [0, 0.05) is 12.4 Å². The van der Waals surface area contributed by atoms with Crippen LogP contribution in [0.3, 0.4) is 0 Å². The molecule has 76 valence electrons. The lowest BCUT2D eigenvalue weighted by Gasteiger charge is -1.91. The molecule has 15 heavy (non-hydrogen) atoms. The molecule has 0 aliphatic rings. The Morgan fingerprint density at radius 3 is 3.00 bits per heavy atom. The van der Waals surface area contributed by atoms with Gasteiger partial charge in [-0.15, -0.1) is 11.3 Å². The molecule has 1 aromatic heterocycles. The Balaban J connectivity index is 2.18. The Morgan fingerprint density at radius 1 is 1.47 bits per heavy atom. The molecule has 0 radical (unpaired) electrons. The fourth-order valence-corrected chi connectivity index (χ4v) is 1.85. The first-order chi connectivity index (χ1) is 7.24. The van der Waals surface area contributed by atoms with Crippen molar-refractivity contribution in [3.05, 3.63) is 45.6 Å². The van der Waals surface area contributed by atoms with Gasteiger partial charge in [-0.1, -0.05) is 17.7 Å². The van der Waals surface area contributed by atoms with Gasteiger partial charge in [0.25, 0.3) is 0 Å². The third-order valence-corrected chi connectivity index (χ3v) is 2.69. The van der Waals surface area contributed by atoms with Crippen LogP contribution in [0.15, 0.2) is 35.5 Å². The van der Waals surface area contributed by atoms with Crippen molar-refractivity contribution in [2.24, 2.45) is 4.99 Å². The van der Waals surface area contributed by atoms with Crippen LogP contribution in [0.25, 0.3) is 0 Å². The Kier molecular flexibility index (Phi) is 3.08. The number of benzene rings is 1. The molecule has 2 nitrogen and oxygen atoms in total. The van der Waals surface area contributed by atoms with E-state index in [-0.39, 0.29) is 5.82 Å². The van der Waals surface area contributed by atoms with Crippen LogP contribution < -0.4 is 0 Å². The van der Waals surface area contributed by atoms with Gasteiger partial charge in [-0.05, 0) is 18.2 Å². The third-order valence-electron chi connectivity index (χ3n) is 1.64. The molecule has 1 aromatic carbocycles. The van der Waals surface area contributed by atoms with E-state index in [2.05, 4.69) is 9.98 Å². The largest absolute Gasteiger partial charge is 0.255 e. The zero-order valence-electron chi connectivity index (χ0n) is 7.52. The van der Waals surface area contributed by atoms with Crippen molar-refractivity contribution in [1.82, 2.24) is 4.98 Å². The Labute approximate surface area is 95.1 Å². The molecule has 0 atom stereocenters. The molecule has 0 bridgehead atoms. The van der Waals surface area contributed by atoms with Gasteiger partial charge in [-0.25, -0.2) is 9.37 Å². The van der Waals surface area contributed by atoms with E-state index in [1.54, 1.807) is 24.5 Å². The summed E-state index contributed by atoms with van der Waals surface area (Å²) in [7, 11) is 0. The number of halogens is 2. The number of aliphatic imine (C=N–C) groups is 1. The fraction of sp³-hybridized carbons (Fsp3) is 0.